The lowest BCUT2D eigenvalue weighted by Crippen LogP contribution is -1.76. The lowest BCUT2D eigenvalue weighted by molar-refractivity contribution is 1.26. The van der Waals surface area contributed by atoms with Crippen molar-refractivity contribution < 1.29 is 0 Å². The average Bonchev–Trinajstić information content (AvgIpc) is 2.49. The molecule has 0 aliphatic carbocycles. The Morgan fingerprint density at radius 1 is 1.42 bits per heavy atom. The fourth-order valence-electron chi connectivity index (χ4n) is 1.45. The summed E-state index contributed by atoms with van der Waals surface area (Å²) in [6, 6.07) is 8.45. The number of hydrogen-bond acceptors (Lipinski definition) is 1. The minimum Gasteiger partial charge on any atom is -0.357 e. The average molecular weight is 177 g/mol. The summed E-state index contributed by atoms with van der Waals surface area (Å²) in [4.78, 5) is 3.34. The summed E-state index contributed by atoms with van der Waals surface area (Å²) in [5, 5.41) is 1.28. The van der Waals surface area contributed by atoms with E-state index in [4.69, 9.17) is 0 Å². The molecule has 0 fully saturated rings. The van der Waals surface area contributed by atoms with Gasteiger partial charge in [-0.15, -0.1) is 0 Å². The number of para-hydroxylation sites is 1. The number of aromatic nitrogens is 1. The van der Waals surface area contributed by atoms with Gasteiger partial charge in [-0.3, -0.25) is 0 Å². The Balaban J connectivity index is 2.74. The van der Waals surface area contributed by atoms with Crippen LogP contribution in [0, 0.1) is 6.92 Å². The predicted molar refractivity (Wildman–Crippen MR) is 55.7 cm³/mol. The maximum absolute atomic E-state index is 4.22. The van der Waals surface area contributed by atoms with Crippen molar-refractivity contribution in [1.82, 2.24) is 4.98 Å². The first-order chi connectivity index (χ1) is 5.81. The molecule has 12 heavy (non-hydrogen) atoms. The fourth-order valence-corrected chi connectivity index (χ4v) is 1.62. The van der Waals surface area contributed by atoms with Gasteiger partial charge >= 0.3 is 0 Å². The molecule has 0 saturated carbocycles. The van der Waals surface area contributed by atoms with Gasteiger partial charge in [0, 0.05) is 17.0 Å². The topological polar surface area (TPSA) is 15.8 Å². The van der Waals surface area contributed by atoms with Crippen LogP contribution in [0.4, 0.5) is 0 Å². The van der Waals surface area contributed by atoms with Crippen molar-refractivity contribution in [2.24, 2.45) is 0 Å². The largest absolute Gasteiger partial charge is 0.357 e. The molecule has 0 saturated heterocycles. The van der Waals surface area contributed by atoms with E-state index < -0.39 is 0 Å². The van der Waals surface area contributed by atoms with Gasteiger partial charge in [-0.1, -0.05) is 18.2 Å². The molecule has 1 nitrogen and oxygen atoms in total. The van der Waals surface area contributed by atoms with Crippen molar-refractivity contribution in [2.45, 2.75) is 12.7 Å². The summed E-state index contributed by atoms with van der Waals surface area (Å²) in [6.07, 6.45) is 0. The highest BCUT2D eigenvalue weighted by molar-refractivity contribution is 7.79. The lowest BCUT2D eigenvalue weighted by Gasteiger charge is -1.93. The van der Waals surface area contributed by atoms with Gasteiger partial charge in [0.15, 0.2) is 0 Å². The Kier molecular flexibility index (Phi) is 1.85. The summed E-state index contributed by atoms with van der Waals surface area (Å²) in [5.41, 5.74) is 3.71. The molecule has 1 N–H and O–H groups in total. The van der Waals surface area contributed by atoms with Crippen LogP contribution in [0.3, 0.4) is 0 Å². The number of H-pyrrole nitrogens is 1. The van der Waals surface area contributed by atoms with Crippen LogP contribution in [-0.2, 0) is 5.75 Å². The number of rotatable bonds is 1. The molecule has 62 valence electrons. The number of benzene rings is 1. The van der Waals surface area contributed by atoms with E-state index in [1.165, 1.54) is 22.2 Å². The number of thiol groups is 1. The van der Waals surface area contributed by atoms with E-state index in [0.29, 0.717) is 0 Å². The summed E-state index contributed by atoms with van der Waals surface area (Å²) in [6.45, 7) is 2.11. The third-order valence-electron chi connectivity index (χ3n) is 2.09. The van der Waals surface area contributed by atoms with Crippen molar-refractivity contribution in [2.75, 3.05) is 0 Å². The summed E-state index contributed by atoms with van der Waals surface area (Å²) < 4.78 is 0. The summed E-state index contributed by atoms with van der Waals surface area (Å²) in [5.74, 6) is 0.772. The number of aromatic amines is 1. The van der Waals surface area contributed by atoms with Crippen molar-refractivity contribution in [3.8, 4) is 0 Å². The normalized spacial score (nSPS) is 10.8. The molecule has 2 aromatic rings. The molecule has 0 aliphatic heterocycles. The molecular formula is C10H11NS. The maximum Gasteiger partial charge on any atom is 0.0486 e. The van der Waals surface area contributed by atoms with Gasteiger partial charge in [0.1, 0.15) is 0 Å². The lowest BCUT2D eigenvalue weighted by atomic mass is 10.2. The zero-order chi connectivity index (χ0) is 8.55. The zero-order valence-electron chi connectivity index (χ0n) is 6.96. The Labute approximate surface area is 77.2 Å². The minimum absolute atomic E-state index is 0.772. The van der Waals surface area contributed by atoms with Crippen molar-refractivity contribution in [1.29, 1.82) is 0 Å². The summed E-state index contributed by atoms with van der Waals surface area (Å²) in [7, 11) is 0. The number of nitrogens with one attached hydrogen (secondary N) is 1. The van der Waals surface area contributed by atoms with E-state index in [0.717, 1.165) is 5.75 Å². The van der Waals surface area contributed by atoms with Gasteiger partial charge in [-0.05, 0) is 23.9 Å². The van der Waals surface area contributed by atoms with Crippen molar-refractivity contribution in [3.63, 3.8) is 0 Å². The third kappa shape index (κ3) is 1.12. The molecule has 1 heterocycles. The molecule has 0 aliphatic rings. The highest BCUT2D eigenvalue weighted by Gasteiger charge is 1.99. The predicted octanol–water partition coefficient (Wildman–Crippen LogP) is 2.91. The molecular weight excluding hydrogens is 166 g/mol. The molecule has 1 aromatic carbocycles. The Morgan fingerprint density at radius 3 is 2.92 bits per heavy atom. The van der Waals surface area contributed by atoms with Crippen LogP contribution in [-0.4, -0.2) is 4.98 Å². The van der Waals surface area contributed by atoms with Crippen LogP contribution in [0.15, 0.2) is 24.3 Å². The van der Waals surface area contributed by atoms with E-state index in [2.05, 4.69) is 48.8 Å². The molecule has 0 atom stereocenters. The van der Waals surface area contributed by atoms with Crippen LogP contribution < -0.4 is 0 Å². The fraction of sp³-hybridized carbons (Fsp3) is 0.200. The Hall–Kier alpha value is -0.890. The van der Waals surface area contributed by atoms with Crippen LogP contribution >= 0.6 is 12.6 Å². The van der Waals surface area contributed by atoms with Crippen LogP contribution in [0.25, 0.3) is 10.9 Å². The first kappa shape index (κ1) is 7.74. The highest BCUT2D eigenvalue weighted by atomic mass is 32.1. The number of aryl methyl sites for hydroxylation is 1. The highest BCUT2D eigenvalue weighted by Crippen LogP contribution is 2.19. The second-order valence-corrected chi connectivity index (χ2v) is 3.31. The summed E-state index contributed by atoms with van der Waals surface area (Å²) >= 11 is 4.22. The second-order valence-electron chi connectivity index (χ2n) is 2.99. The molecule has 1 aromatic heterocycles. The standard InChI is InChI=1S/C10H11NS/c1-7-3-2-4-8-5-9(6-12)11-10(7)8/h2-5,11-12H,6H2,1H3. The molecule has 0 amide bonds. The van der Waals surface area contributed by atoms with Gasteiger partial charge < -0.3 is 4.98 Å². The SMILES string of the molecule is Cc1cccc2cc(CS)[nH]c12. The van der Waals surface area contributed by atoms with E-state index in [1.54, 1.807) is 0 Å². The van der Waals surface area contributed by atoms with E-state index >= 15 is 0 Å². The van der Waals surface area contributed by atoms with Gasteiger partial charge in [0.2, 0.25) is 0 Å². The van der Waals surface area contributed by atoms with Crippen molar-refractivity contribution >= 4 is 23.5 Å². The van der Waals surface area contributed by atoms with Gasteiger partial charge in [-0.2, -0.15) is 12.6 Å². The molecule has 2 rings (SSSR count). The third-order valence-corrected chi connectivity index (χ3v) is 2.43. The molecule has 0 spiro atoms. The van der Waals surface area contributed by atoms with E-state index in [9.17, 15) is 0 Å². The van der Waals surface area contributed by atoms with E-state index in [1.807, 2.05) is 0 Å². The van der Waals surface area contributed by atoms with Gasteiger partial charge in [0.05, 0.1) is 0 Å². The maximum atomic E-state index is 4.22. The quantitative estimate of drug-likeness (QED) is 0.623. The number of fused-ring (bicyclic) bond motifs is 1. The van der Waals surface area contributed by atoms with Crippen LogP contribution in [0.1, 0.15) is 11.3 Å². The van der Waals surface area contributed by atoms with Gasteiger partial charge in [0.25, 0.3) is 0 Å². The minimum atomic E-state index is 0.772. The first-order valence-electron chi connectivity index (χ1n) is 3.99. The number of hydrogen-bond donors (Lipinski definition) is 2. The molecule has 0 bridgehead atoms. The molecule has 2 heteroatoms. The monoisotopic (exact) mass is 177 g/mol. The van der Waals surface area contributed by atoms with Crippen molar-refractivity contribution in [3.05, 3.63) is 35.5 Å². The first-order valence-corrected chi connectivity index (χ1v) is 4.62. The van der Waals surface area contributed by atoms with Crippen LogP contribution in [0.2, 0.25) is 0 Å². The Bertz CT molecular complexity index is 403. The zero-order valence-corrected chi connectivity index (χ0v) is 7.86. The molecule has 0 unspecified atom stereocenters. The van der Waals surface area contributed by atoms with Gasteiger partial charge in [-0.25, -0.2) is 0 Å². The smallest absolute Gasteiger partial charge is 0.0486 e. The second kappa shape index (κ2) is 2.87. The molecule has 0 radical (unpaired) electrons. The van der Waals surface area contributed by atoms with Crippen LogP contribution in [0.5, 0.6) is 0 Å². The van der Waals surface area contributed by atoms with E-state index in [-0.39, 0.29) is 0 Å². The Morgan fingerprint density at radius 2 is 2.25 bits per heavy atom.